The molecule has 170 valence electrons. The minimum Gasteiger partial charge on any atom is -0.497 e. The molecule has 2 aromatic rings. The first-order valence-corrected chi connectivity index (χ1v) is 11.8. The summed E-state index contributed by atoms with van der Waals surface area (Å²) >= 11 is 1.40. The van der Waals surface area contributed by atoms with Gasteiger partial charge in [0.1, 0.15) is 5.75 Å². The van der Waals surface area contributed by atoms with Crippen LogP contribution in [-0.4, -0.2) is 50.5 Å². The van der Waals surface area contributed by atoms with Crippen molar-refractivity contribution in [2.45, 2.75) is 31.1 Å². The molecule has 0 unspecified atom stereocenters. The van der Waals surface area contributed by atoms with Crippen molar-refractivity contribution in [2.75, 3.05) is 39.1 Å². The van der Waals surface area contributed by atoms with Crippen molar-refractivity contribution in [3.8, 4) is 5.75 Å². The van der Waals surface area contributed by atoms with Crippen LogP contribution in [0.3, 0.4) is 0 Å². The van der Waals surface area contributed by atoms with E-state index in [0.29, 0.717) is 22.7 Å². The van der Waals surface area contributed by atoms with E-state index in [1.165, 1.54) is 24.6 Å². The molecular formula is C25H31N3O3S. The number of fused-ring (bicyclic) bond motifs is 1. The molecule has 0 spiro atoms. The zero-order chi connectivity index (χ0) is 22.9. The van der Waals surface area contributed by atoms with E-state index in [1.807, 2.05) is 36.4 Å². The van der Waals surface area contributed by atoms with E-state index in [-0.39, 0.29) is 11.8 Å². The Morgan fingerprint density at radius 1 is 1.16 bits per heavy atom. The summed E-state index contributed by atoms with van der Waals surface area (Å²) in [5.41, 5.74) is 2.13. The van der Waals surface area contributed by atoms with Gasteiger partial charge in [-0.15, -0.1) is 0 Å². The molecule has 7 heteroatoms. The van der Waals surface area contributed by atoms with Crippen molar-refractivity contribution in [1.29, 1.82) is 0 Å². The second-order valence-electron chi connectivity index (χ2n) is 7.82. The predicted molar refractivity (Wildman–Crippen MR) is 131 cm³/mol. The minimum absolute atomic E-state index is 0.122. The number of unbranched alkanes of at least 4 members (excludes halogenated alkanes) is 1. The molecule has 0 atom stereocenters. The van der Waals surface area contributed by atoms with E-state index >= 15 is 0 Å². The lowest BCUT2D eigenvalue weighted by atomic mass is 10.1. The van der Waals surface area contributed by atoms with Crippen LogP contribution in [0.4, 0.5) is 5.69 Å². The van der Waals surface area contributed by atoms with Gasteiger partial charge in [-0.25, -0.2) is 0 Å². The molecule has 0 bridgehead atoms. The molecule has 2 aromatic carbocycles. The van der Waals surface area contributed by atoms with Crippen LogP contribution in [0.25, 0.3) is 6.08 Å². The van der Waals surface area contributed by atoms with Gasteiger partial charge in [-0.3, -0.25) is 9.59 Å². The molecule has 1 aliphatic heterocycles. The third kappa shape index (κ3) is 6.61. The molecule has 1 heterocycles. The first-order chi connectivity index (χ1) is 15.5. The van der Waals surface area contributed by atoms with Gasteiger partial charge in [0.2, 0.25) is 0 Å². The lowest BCUT2D eigenvalue weighted by molar-refractivity contribution is -0.112. The summed E-state index contributed by atoms with van der Waals surface area (Å²) in [6.45, 7) is 4.86. The quantitative estimate of drug-likeness (QED) is 0.405. The molecule has 0 aromatic heterocycles. The molecular weight excluding hydrogens is 422 g/mol. The van der Waals surface area contributed by atoms with E-state index in [2.05, 4.69) is 29.5 Å². The van der Waals surface area contributed by atoms with Gasteiger partial charge < -0.3 is 20.3 Å². The number of hydrogen-bond acceptors (Lipinski definition) is 5. The average Bonchev–Trinajstić information content (AvgIpc) is 2.81. The summed E-state index contributed by atoms with van der Waals surface area (Å²) in [6, 6.07) is 13.0. The van der Waals surface area contributed by atoms with Crippen molar-refractivity contribution in [2.24, 2.45) is 0 Å². The number of anilines is 1. The Hall–Kier alpha value is -2.77. The van der Waals surface area contributed by atoms with Crippen molar-refractivity contribution >= 4 is 35.3 Å². The average molecular weight is 454 g/mol. The fourth-order valence-electron chi connectivity index (χ4n) is 3.35. The summed E-state index contributed by atoms with van der Waals surface area (Å²) in [4.78, 5) is 28.9. The number of ether oxygens (including phenoxy) is 1. The van der Waals surface area contributed by atoms with Crippen LogP contribution in [0, 0.1) is 0 Å². The maximum absolute atomic E-state index is 12.6. The third-order valence-corrected chi connectivity index (χ3v) is 6.34. The first-order valence-electron chi connectivity index (χ1n) is 11.0. The number of carbonyl (C=O) groups excluding carboxylic acids is 2. The molecule has 1 aliphatic rings. The maximum Gasteiger partial charge on any atom is 0.262 e. The number of nitrogens with zero attached hydrogens (tertiary/aromatic N) is 1. The molecule has 0 saturated heterocycles. The Balaban J connectivity index is 1.57. The van der Waals surface area contributed by atoms with Crippen molar-refractivity contribution in [1.82, 2.24) is 10.2 Å². The van der Waals surface area contributed by atoms with Crippen LogP contribution in [0.2, 0.25) is 0 Å². The van der Waals surface area contributed by atoms with E-state index in [1.54, 1.807) is 19.2 Å². The van der Waals surface area contributed by atoms with E-state index in [9.17, 15) is 9.59 Å². The highest BCUT2D eigenvalue weighted by molar-refractivity contribution is 8.04. The topological polar surface area (TPSA) is 70.7 Å². The molecule has 2 N–H and O–H groups in total. The fourth-order valence-corrected chi connectivity index (χ4v) is 4.28. The molecule has 0 radical (unpaired) electrons. The first kappa shape index (κ1) is 23.9. The van der Waals surface area contributed by atoms with E-state index in [0.717, 1.165) is 35.7 Å². The van der Waals surface area contributed by atoms with Gasteiger partial charge in [-0.2, -0.15) is 0 Å². The zero-order valence-electron chi connectivity index (χ0n) is 18.9. The van der Waals surface area contributed by atoms with Gasteiger partial charge in [0.25, 0.3) is 11.8 Å². The second-order valence-corrected chi connectivity index (χ2v) is 8.90. The molecule has 3 rings (SSSR count). The van der Waals surface area contributed by atoms with Crippen LogP contribution in [0.1, 0.15) is 42.1 Å². The van der Waals surface area contributed by atoms with Crippen molar-refractivity contribution in [3.05, 3.63) is 58.5 Å². The Bertz CT molecular complexity index is 973. The molecule has 0 fully saturated rings. The molecule has 0 aliphatic carbocycles. The van der Waals surface area contributed by atoms with Gasteiger partial charge >= 0.3 is 0 Å². The van der Waals surface area contributed by atoms with E-state index < -0.39 is 0 Å². The van der Waals surface area contributed by atoms with Gasteiger partial charge in [-0.1, -0.05) is 37.2 Å². The summed E-state index contributed by atoms with van der Waals surface area (Å²) in [7, 11) is 3.73. The fraction of sp³-hybridized carbons (Fsp3) is 0.360. The predicted octanol–water partition coefficient (Wildman–Crippen LogP) is 4.63. The third-order valence-electron chi connectivity index (χ3n) is 5.24. The van der Waals surface area contributed by atoms with Crippen LogP contribution in [-0.2, 0) is 4.79 Å². The van der Waals surface area contributed by atoms with Crippen LogP contribution >= 0.6 is 11.8 Å². The Morgan fingerprint density at radius 3 is 2.62 bits per heavy atom. The standard InChI is InChI=1S/C25H31N3O3S/c1-4-5-14-28(2)15-6-13-26-24(29)19-9-12-22-21(17-19)27-25(30)23(32-22)16-18-7-10-20(31-3)11-8-18/h7-12,16-17H,4-6,13-15H2,1-3H3,(H,26,29)(H,27,30)/b23-16+. The molecule has 32 heavy (non-hydrogen) atoms. The van der Waals surface area contributed by atoms with Crippen molar-refractivity contribution in [3.63, 3.8) is 0 Å². The highest BCUT2D eigenvalue weighted by Crippen LogP contribution is 2.39. The molecule has 6 nitrogen and oxygen atoms in total. The number of nitrogens with one attached hydrogen (secondary N) is 2. The summed E-state index contributed by atoms with van der Waals surface area (Å²) in [5, 5.41) is 5.88. The van der Waals surface area contributed by atoms with Crippen LogP contribution in [0.15, 0.2) is 52.3 Å². The number of amides is 2. The van der Waals surface area contributed by atoms with E-state index in [4.69, 9.17) is 4.74 Å². The Kier molecular flexibility index (Phi) is 8.76. The second kappa shape index (κ2) is 11.7. The Labute approximate surface area is 194 Å². The SMILES string of the molecule is CCCCN(C)CCCNC(=O)c1ccc2c(c1)NC(=O)/C(=C\c1ccc(OC)cc1)S2. The molecule has 2 amide bonds. The smallest absolute Gasteiger partial charge is 0.262 e. The van der Waals surface area contributed by atoms with Gasteiger partial charge in [-0.05, 0) is 75.0 Å². The highest BCUT2D eigenvalue weighted by atomic mass is 32.2. The van der Waals surface area contributed by atoms with Gasteiger partial charge in [0.15, 0.2) is 0 Å². The lowest BCUT2D eigenvalue weighted by Crippen LogP contribution is -2.29. The summed E-state index contributed by atoms with van der Waals surface area (Å²) in [5.74, 6) is 0.474. The Morgan fingerprint density at radius 2 is 1.91 bits per heavy atom. The number of thioether (sulfide) groups is 1. The number of carbonyl (C=O) groups is 2. The number of rotatable bonds is 10. The van der Waals surface area contributed by atoms with Crippen LogP contribution < -0.4 is 15.4 Å². The lowest BCUT2D eigenvalue weighted by Gasteiger charge is -2.19. The van der Waals surface area contributed by atoms with Crippen molar-refractivity contribution < 1.29 is 14.3 Å². The largest absolute Gasteiger partial charge is 0.497 e. The highest BCUT2D eigenvalue weighted by Gasteiger charge is 2.22. The molecule has 0 saturated carbocycles. The zero-order valence-corrected chi connectivity index (χ0v) is 19.8. The maximum atomic E-state index is 12.6. The van der Waals surface area contributed by atoms with Gasteiger partial charge in [0.05, 0.1) is 17.7 Å². The summed E-state index contributed by atoms with van der Waals surface area (Å²) in [6.07, 6.45) is 5.13. The van der Waals surface area contributed by atoms with Gasteiger partial charge in [0, 0.05) is 17.0 Å². The monoisotopic (exact) mass is 453 g/mol. The van der Waals surface area contributed by atoms with Crippen LogP contribution in [0.5, 0.6) is 5.75 Å². The number of benzene rings is 2. The minimum atomic E-state index is -0.175. The number of hydrogen-bond donors (Lipinski definition) is 2. The normalized spacial score (nSPS) is 14.2. The number of methoxy groups -OCH3 is 1. The summed E-state index contributed by atoms with van der Waals surface area (Å²) < 4.78 is 5.17.